The fourth-order valence-corrected chi connectivity index (χ4v) is 3.48. The molecule has 1 aromatic carbocycles. The molecule has 0 bridgehead atoms. The van der Waals surface area contributed by atoms with Crippen LogP contribution in [0.3, 0.4) is 0 Å². The molecular formula is C20H23N5OS. The second kappa shape index (κ2) is 8.81. The maximum absolute atomic E-state index is 12.4. The first-order valence-electron chi connectivity index (χ1n) is 8.91. The molecule has 0 aliphatic rings. The predicted molar refractivity (Wildman–Crippen MR) is 109 cm³/mol. The van der Waals surface area contributed by atoms with E-state index in [0.717, 1.165) is 29.1 Å². The summed E-state index contributed by atoms with van der Waals surface area (Å²) in [7, 11) is 1.90. The number of thioether (sulfide) groups is 1. The number of nitrogens with one attached hydrogen (secondary N) is 1. The number of benzene rings is 1. The maximum Gasteiger partial charge on any atom is 0.234 e. The summed E-state index contributed by atoms with van der Waals surface area (Å²) in [5.74, 6) is 1.37. The second-order valence-corrected chi connectivity index (χ2v) is 7.28. The molecule has 1 N–H and O–H groups in total. The van der Waals surface area contributed by atoms with Crippen LogP contribution in [0.25, 0.3) is 11.4 Å². The van der Waals surface area contributed by atoms with Gasteiger partial charge in [0.05, 0.1) is 5.75 Å². The lowest BCUT2D eigenvalue weighted by Gasteiger charge is -2.15. The number of anilines is 1. The molecule has 0 fully saturated rings. The topological polar surface area (TPSA) is 72.7 Å². The fraction of sp³-hybridized carbons (Fsp3) is 0.300. The van der Waals surface area contributed by atoms with Crippen LogP contribution in [-0.2, 0) is 11.8 Å². The highest BCUT2D eigenvalue weighted by molar-refractivity contribution is 7.99. The number of hydrogen-bond acceptors (Lipinski definition) is 5. The Morgan fingerprint density at radius 1 is 1.19 bits per heavy atom. The molecule has 2 aromatic heterocycles. The van der Waals surface area contributed by atoms with E-state index >= 15 is 0 Å². The number of pyridine rings is 1. The van der Waals surface area contributed by atoms with Crippen LogP contribution in [0.1, 0.15) is 31.7 Å². The first-order valence-corrected chi connectivity index (χ1v) is 9.90. The van der Waals surface area contributed by atoms with Crippen molar-refractivity contribution < 1.29 is 4.79 Å². The van der Waals surface area contributed by atoms with Crippen molar-refractivity contribution in [2.24, 2.45) is 7.05 Å². The zero-order valence-electron chi connectivity index (χ0n) is 15.7. The molecule has 0 saturated carbocycles. The van der Waals surface area contributed by atoms with Crippen molar-refractivity contribution in [3.8, 4) is 11.4 Å². The molecule has 1 amide bonds. The molecule has 0 unspecified atom stereocenters. The van der Waals surface area contributed by atoms with E-state index in [1.165, 1.54) is 11.8 Å². The minimum absolute atomic E-state index is 0.0517. The average molecular weight is 382 g/mol. The Hall–Kier alpha value is -2.67. The fourth-order valence-electron chi connectivity index (χ4n) is 2.77. The van der Waals surface area contributed by atoms with Gasteiger partial charge in [-0.25, -0.2) is 0 Å². The van der Waals surface area contributed by atoms with Crippen LogP contribution in [0, 0.1) is 0 Å². The number of nitrogens with zero attached hydrogens (tertiary/aromatic N) is 4. The lowest BCUT2D eigenvalue weighted by molar-refractivity contribution is -0.113. The van der Waals surface area contributed by atoms with Gasteiger partial charge in [0.25, 0.3) is 0 Å². The van der Waals surface area contributed by atoms with Crippen LogP contribution in [0.4, 0.5) is 5.69 Å². The minimum Gasteiger partial charge on any atom is -0.325 e. The van der Waals surface area contributed by atoms with Gasteiger partial charge < -0.3 is 9.88 Å². The largest absolute Gasteiger partial charge is 0.325 e. The van der Waals surface area contributed by atoms with Crippen molar-refractivity contribution in [3.05, 3.63) is 54.4 Å². The van der Waals surface area contributed by atoms with E-state index in [9.17, 15) is 4.79 Å². The third-order valence-corrected chi connectivity index (χ3v) is 5.50. The molecule has 2 heterocycles. The third kappa shape index (κ3) is 4.54. The quantitative estimate of drug-likeness (QED) is 0.623. The van der Waals surface area contributed by atoms with E-state index in [2.05, 4.69) is 40.4 Å². The molecule has 0 aliphatic carbocycles. The van der Waals surface area contributed by atoms with Gasteiger partial charge in [0, 0.05) is 30.7 Å². The maximum atomic E-state index is 12.4. The van der Waals surface area contributed by atoms with Gasteiger partial charge in [-0.2, -0.15) is 0 Å². The molecule has 0 radical (unpaired) electrons. The van der Waals surface area contributed by atoms with E-state index in [4.69, 9.17) is 0 Å². The van der Waals surface area contributed by atoms with E-state index in [1.54, 1.807) is 12.4 Å². The van der Waals surface area contributed by atoms with Crippen LogP contribution < -0.4 is 5.32 Å². The Labute approximate surface area is 163 Å². The summed E-state index contributed by atoms with van der Waals surface area (Å²) < 4.78 is 1.89. The first kappa shape index (κ1) is 19.1. The standard InChI is InChI=1S/C20H23N5OS/c1-4-14(2)16-7-5-6-8-17(16)22-18(26)13-27-20-24-23-19(25(20)3)15-9-11-21-12-10-15/h5-12,14H,4,13H2,1-3H3,(H,22,26)/t14-/m0/s1. The lowest BCUT2D eigenvalue weighted by Crippen LogP contribution is -2.16. The Bertz CT molecular complexity index is 910. The van der Waals surface area contributed by atoms with Crippen molar-refractivity contribution in [3.63, 3.8) is 0 Å². The molecule has 0 saturated heterocycles. The van der Waals surface area contributed by atoms with Crippen molar-refractivity contribution >= 4 is 23.4 Å². The molecule has 27 heavy (non-hydrogen) atoms. The van der Waals surface area contributed by atoms with Crippen LogP contribution in [0.15, 0.2) is 53.9 Å². The summed E-state index contributed by atoms with van der Waals surface area (Å²) in [4.78, 5) is 16.5. The Kier molecular flexibility index (Phi) is 6.24. The Balaban J connectivity index is 1.65. The molecule has 1 atom stereocenters. The van der Waals surface area contributed by atoms with Crippen LogP contribution in [0.2, 0.25) is 0 Å². The number of rotatable bonds is 7. The summed E-state index contributed by atoms with van der Waals surface area (Å²) in [5.41, 5.74) is 2.99. The molecular weight excluding hydrogens is 358 g/mol. The van der Waals surface area contributed by atoms with Crippen molar-refractivity contribution in [2.45, 2.75) is 31.3 Å². The monoisotopic (exact) mass is 381 g/mol. The van der Waals surface area contributed by atoms with Crippen molar-refractivity contribution in [2.75, 3.05) is 11.1 Å². The van der Waals surface area contributed by atoms with Crippen molar-refractivity contribution in [1.29, 1.82) is 0 Å². The molecule has 3 rings (SSSR count). The van der Waals surface area contributed by atoms with E-state index < -0.39 is 0 Å². The van der Waals surface area contributed by atoms with Gasteiger partial charge in [0.15, 0.2) is 11.0 Å². The summed E-state index contributed by atoms with van der Waals surface area (Å²) >= 11 is 1.37. The third-order valence-electron chi connectivity index (χ3n) is 4.48. The van der Waals surface area contributed by atoms with Crippen molar-refractivity contribution in [1.82, 2.24) is 19.7 Å². The SMILES string of the molecule is CC[C@H](C)c1ccccc1NC(=O)CSc1nnc(-c2ccncc2)n1C. The van der Waals surface area contributed by atoms with Crippen LogP contribution in [0.5, 0.6) is 0 Å². The first-order chi connectivity index (χ1) is 13.1. The van der Waals surface area contributed by atoms with E-state index in [-0.39, 0.29) is 11.7 Å². The number of aromatic nitrogens is 4. The number of carbonyl (C=O) groups is 1. The van der Waals surface area contributed by atoms with Gasteiger partial charge in [-0.3, -0.25) is 9.78 Å². The summed E-state index contributed by atoms with van der Waals surface area (Å²) in [6.45, 7) is 4.31. The Morgan fingerprint density at radius 3 is 2.67 bits per heavy atom. The molecule has 0 aliphatic heterocycles. The zero-order chi connectivity index (χ0) is 19.2. The lowest BCUT2D eigenvalue weighted by atomic mass is 9.97. The smallest absolute Gasteiger partial charge is 0.234 e. The average Bonchev–Trinajstić information content (AvgIpc) is 3.07. The van der Waals surface area contributed by atoms with E-state index in [1.807, 2.05) is 41.9 Å². The molecule has 6 nitrogen and oxygen atoms in total. The molecule has 0 spiro atoms. The second-order valence-electron chi connectivity index (χ2n) is 6.33. The Morgan fingerprint density at radius 2 is 1.93 bits per heavy atom. The highest BCUT2D eigenvalue weighted by Gasteiger charge is 2.14. The molecule has 7 heteroatoms. The molecule has 140 valence electrons. The normalized spacial score (nSPS) is 12.0. The van der Waals surface area contributed by atoms with Gasteiger partial charge in [-0.15, -0.1) is 10.2 Å². The number of para-hydroxylation sites is 1. The van der Waals surface area contributed by atoms with Gasteiger partial charge in [0.2, 0.25) is 5.91 Å². The molecule has 3 aromatic rings. The van der Waals surface area contributed by atoms with Crippen LogP contribution in [-0.4, -0.2) is 31.4 Å². The minimum atomic E-state index is -0.0517. The van der Waals surface area contributed by atoms with Gasteiger partial charge in [-0.1, -0.05) is 43.8 Å². The van der Waals surface area contributed by atoms with Gasteiger partial charge in [0.1, 0.15) is 0 Å². The number of carbonyl (C=O) groups excluding carboxylic acids is 1. The summed E-state index contributed by atoms with van der Waals surface area (Å²) in [6, 6.07) is 11.7. The number of hydrogen-bond donors (Lipinski definition) is 1. The van der Waals surface area contributed by atoms with Gasteiger partial charge in [-0.05, 0) is 36.1 Å². The predicted octanol–water partition coefficient (Wildman–Crippen LogP) is 4.12. The van der Waals surface area contributed by atoms with E-state index in [0.29, 0.717) is 11.1 Å². The summed E-state index contributed by atoms with van der Waals surface area (Å²) in [6.07, 6.45) is 4.47. The zero-order valence-corrected chi connectivity index (χ0v) is 16.5. The highest BCUT2D eigenvalue weighted by Crippen LogP contribution is 2.27. The van der Waals surface area contributed by atoms with Crippen LogP contribution >= 0.6 is 11.8 Å². The van der Waals surface area contributed by atoms with Gasteiger partial charge >= 0.3 is 0 Å². The highest BCUT2D eigenvalue weighted by atomic mass is 32.2. The number of amides is 1. The summed E-state index contributed by atoms with van der Waals surface area (Å²) in [5, 5.41) is 12.2.